The Kier molecular flexibility index (Phi) is 8.19. The van der Waals surface area contributed by atoms with E-state index in [4.69, 9.17) is 5.73 Å². The molecule has 1 saturated carbocycles. The summed E-state index contributed by atoms with van der Waals surface area (Å²) in [7, 11) is 2.13. The molecule has 18 heavy (non-hydrogen) atoms. The van der Waals surface area contributed by atoms with Crippen LogP contribution in [0.15, 0.2) is 0 Å². The number of hydrogen-bond donors (Lipinski definition) is 2. The standard InChI is InChI=1S/C12H23N3O.2ClH/c1-15-7-3-4-9(15)8-14-12(16)10-5-2-6-11(10)13;;/h9-11H,2-8,13H2,1H3,(H,14,16);2*1H. The Hall–Kier alpha value is -0.0300. The minimum Gasteiger partial charge on any atom is -0.354 e. The smallest absolute Gasteiger partial charge is 0.224 e. The van der Waals surface area contributed by atoms with Gasteiger partial charge in [-0.15, -0.1) is 24.8 Å². The van der Waals surface area contributed by atoms with Crippen LogP contribution in [0.2, 0.25) is 0 Å². The van der Waals surface area contributed by atoms with Gasteiger partial charge in [-0.1, -0.05) is 6.42 Å². The summed E-state index contributed by atoms with van der Waals surface area (Å²) in [6, 6.07) is 0.614. The van der Waals surface area contributed by atoms with E-state index in [1.165, 1.54) is 12.8 Å². The lowest BCUT2D eigenvalue weighted by Gasteiger charge is -2.21. The van der Waals surface area contributed by atoms with E-state index < -0.39 is 0 Å². The number of rotatable bonds is 3. The fourth-order valence-electron chi connectivity index (χ4n) is 2.90. The molecule has 0 aromatic rings. The molecule has 0 radical (unpaired) electrons. The highest BCUT2D eigenvalue weighted by molar-refractivity contribution is 5.85. The number of hydrogen-bond acceptors (Lipinski definition) is 3. The molecule has 6 heteroatoms. The minimum atomic E-state index is 0. The molecule has 108 valence electrons. The summed E-state index contributed by atoms with van der Waals surface area (Å²) < 4.78 is 0. The Balaban J connectivity index is 0.00000144. The van der Waals surface area contributed by atoms with Gasteiger partial charge < -0.3 is 16.0 Å². The largest absolute Gasteiger partial charge is 0.354 e. The molecule has 1 aliphatic carbocycles. The fraction of sp³-hybridized carbons (Fsp3) is 0.917. The number of likely N-dealkylation sites (N-methyl/N-ethyl adjacent to an activating group) is 1. The van der Waals surface area contributed by atoms with E-state index in [-0.39, 0.29) is 42.7 Å². The van der Waals surface area contributed by atoms with Gasteiger partial charge in [-0.2, -0.15) is 0 Å². The third-order valence-corrected chi connectivity index (χ3v) is 4.09. The van der Waals surface area contributed by atoms with E-state index in [9.17, 15) is 4.79 Å². The molecule has 3 atom stereocenters. The third-order valence-electron chi connectivity index (χ3n) is 4.09. The van der Waals surface area contributed by atoms with Gasteiger partial charge in [0.05, 0.1) is 5.92 Å². The summed E-state index contributed by atoms with van der Waals surface area (Å²) in [5.41, 5.74) is 5.92. The summed E-state index contributed by atoms with van der Waals surface area (Å²) in [6.07, 6.45) is 5.52. The van der Waals surface area contributed by atoms with Crippen LogP contribution in [0.5, 0.6) is 0 Å². The highest BCUT2D eigenvalue weighted by Gasteiger charge is 2.31. The van der Waals surface area contributed by atoms with Gasteiger partial charge in [0.25, 0.3) is 0 Å². The molecular formula is C12H25Cl2N3O. The molecule has 2 rings (SSSR count). The number of nitrogens with two attached hydrogens (primary N) is 1. The number of nitrogens with one attached hydrogen (secondary N) is 1. The number of carbonyl (C=O) groups is 1. The zero-order valence-electron chi connectivity index (χ0n) is 10.9. The molecule has 3 unspecified atom stereocenters. The van der Waals surface area contributed by atoms with Crippen molar-refractivity contribution in [3.63, 3.8) is 0 Å². The average molecular weight is 298 g/mol. The van der Waals surface area contributed by atoms with E-state index in [0.717, 1.165) is 32.4 Å². The number of nitrogens with zero attached hydrogens (tertiary/aromatic N) is 1. The SMILES string of the molecule is CN1CCCC1CNC(=O)C1CCCC1N.Cl.Cl. The van der Waals surface area contributed by atoms with Crippen LogP contribution in [0.4, 0.5) is 0 Å². The van der Waals surface area contributed by atoms with Gasteiger partial charge in [0.15, 0.2) is 0 Å². The number of likely N-dealkylation sites (tertiary alicyclic amines) is 1. The lowest BCUT2D eigenvalue weighted by Crippen LogP contribution is -2.43. The van der Waals surface area contributed by atoms with Crippen molar-refractivity contribution in [1.82, 2.24) is 10.2 Å². The molecule has 0 spiro atoms. The topological polar surface area (TPSA) is 58.4 Å². The Morgan fingerprint density at radius 3 is 2.50 bits per heavy atom. The lowest BCUT2D eigenvalue weighted by atomic mass is 10.0. The Bertz CT molecular complexity index is 266. The molecular weight excluding hydrogens is 273 g/mol. The van der Waals surface area contributed by atoms with Crippen LogP contribution in [-0.4, -0.2) is 43.0 Å². The lowest BCUT2D eigenvalue weighted by molar-refractivity contribution is -0.125. The van der Waals surface area contributed by atoms with Gasteiger partial charge >= 0.3 is 0 Å². The van der Waals surface area contributed by atoms with Crippen molar-refractivity contribution in [3.8, 4) is 0 Å². The van der Waals surface area contributed by atoms with Crippen molar-refractivity contribution in [2.75, 3.05) is 20.1 Å². The normalized spacial score (nSPS) is 31.6. The zero-order chi connectivity index (χ0) is 11.5. The van der Waals surface area contributed by atoms with Crippen molar-refractivity contribution in [2.24, 2.45) is 11.7 Å². The number of halogens is 2. The summed E-state index contributed by atoms with van der Waals surface area (Å²) in [6.45, 7) is 1.95. The van der Waals surface area contributed by atoms with E-state index >= 15 is 0 Å². The number of amides is 1. The van der Waals surface area contributed by atoms with Crippen molar-refractivity contribution >= 4 is 30.7 Å². The summed E-state index contributed by atoms with van der Waals surface area (Å²) in [5, 5.41) is 3.07. The summed E-state index contributed by atoms with van der Waals surface area (Å²) in [5.74, 6) is 0.233. The molecule has 1 heterocycles. The monoisotopic (exact) mass is 297 g/mol. The molecule has 4 nitrogen and oxygen atoms in total. The van der Waals surface area contributed by atoms with Gasteiger partial charge in [0.2, 0.25) is 5.91 Å². The molecule has 1 saturated heterocycles. The Morgan fingerprint density at radius 2 is 2.00 bits per heavy atom. The first-order valence-corrected chi connectivity index (χ1v) is 6.42. The molecule has 0 bridgehead atoms. The van der Waals surface area contributed by atoms with Gasteiger partial charge in [0, 0.05) is 18.6 Å². The second kappa shape index (κ2) is 8.20. The van der Waals surface area contributed by atoms with Crippen LogP contribution in [0.3, 0.4) is 0 Å². The van der Waals surface area contributed by atoms with Crippen LogP contribution in [0.25, 0.3) is 0 Å². The van der Waals surface area contributed by atoms with E-state index in [1.807, 2.05) is 0 Å². The first kappa shape index (κ1) is 18.0. The highest BCUT2D eigenvalue weighted by Crippen LogP contribution is 2.24. The van der Waals surface area contributed by atoms with Gasteiger partial charge in [-0.25, -0.2) is 0 Å². The second-order valence-corrected chi connectivity index (χ2v) is 5.22. The first-order valence-electron chi connectivity index (χ1n) is 6.42. The molecule has 1 amide bonds. The molecule has 0 aromatic carbocycles. The molecule has 1 aliphatic heterocycles. The molecule has 3 N–H and O–H groups in total. The summed E-state index contributed by atoms with van der Waals surface area (Å²) in [4.78, 5) is 14.2. The number of carbonyl (C=O) groups excluding carboxylic acids is 1. The van der Waals surface area contributed by atoms with Gasteiger partial charge in [-0.3, -0.25) is 4.79 Å². The van der Waals surface area contributed by atoms with E-state index in [1.54, 1.807) is 0 Å². The minimum absolute atomic E-state index is 0. The van der Waals surface area contributed by atoms with Crippen molar-refractivity contribution in [3.05, 3.63) is 0 Å². The van der Waals surface area contributed by atoms with Crippen molar-refractivity contribution < 1.29 is 4.79 Å². The maximum Gasteiger partial charge on any atom is 0.224 e. The van der Waals surface area contributed by atoms with Crippen molar-refractivity contribution in [1.29, 1.82) is 0 Å². The fourth-order valence-corrected chi connectivity index (χ4v) is 2.90. The zero-order valence-corrected chi connectivity index (χ0v) is 12.6. The predicted octanol–water partition coefficient (Wildman–Crippen LogP) is 1.17. The van der Waals surface area contributed by atoms with Crippen LogP contribution in [0, 0.1) is 5.92 Å². The predicted molar refractivity (Wildman–Crippen MR) is 78.5 cm³/mol. The van der Waals surface area contributed by atoms with Crippen LogP contribution < -0.4 is 11.1 Å². The quantitative estimate of drug-likeness (QED) is 0.822. The van der Waals surface area contributed by atoms with Crippen LogP contribution in [-0.2, 0) is 4.79 Å². The first-order chi connectivity index (χ1) is 7.68. The van der Waals surface area contributed by atoms with E-state index in [2.05, 4.69) is 17.3 Å². The highest BCUT2D eigenvalue weighted by atomic mass is 35.5. The molecule has 0 aromatic heterocycles. The van der Waals surface area contributed by atoms with Crippen LogP contribution >= 0.6 is 24.8 Å². The van der Waals surface area contributed by atoms with Crippen molar-refractivity contribution in [2.45, 2.75) is 44.2 Å². The maximum atomic E-state index is 11.9. The maximum absolute atomic E-state index is 11.9. The molecule has 2 aliphatic rings. The van der Waals surface area contributed by atoms with E-state index in [0.29, 0.717) is 6.04 Å². The van der Waals surface area contributed by atoms with Gasteiger partial charge in [-0.05, 0) is 39.3 Å². The third kappa shape index (κ3) is 4.26. The summed E-state index contributed by atoms with van der Waals surface area (Å²) >= 11 is 0. The second-order valence-electron chi connectivity index (χ2n) is 5.22. The Labute approximate surface area is 122 Å². The average Bonchev–Trinajstić information content (AvgIpc) is 2.84. The van der Waals surface area contributed by atoms with Crippen LogP contribution in [0.1, 0.15) is 32.1 Å². The molecule has 2 fully saturated rings. The van der Waals surface area contributed by atoms with Gasteiger partial charge in [0.1, 0.15) is 0 Å². The Morgan fingerprint density at radius 1 is 1.28 bits per heavy atom.